The number of rotatable bonds is 11. The summed E-state index contributed by atoms with van der Waals surface area (Å²) >= 11 is 0. The van der Waals surface area contributed by atoms with Crippen molar-refractivity contribution in [1.82, 2.24) is 9.88 Å². The SMILES string of the molecule is COc1cc2c(Oc3ccc(NS(=O)(=O)c4c(F)cccc4F)cc3F)ccnc2cc1OCCCN1CCCCC1. The standard InChI is InChI=1S/C30H30F3N3O5S/c1-39-28-18-21-25(19-29(28)40-16-6-15-36-13-3-2-4-14-36)34-12-11-26(21)41-27-10-9-20(17-24(27)33)35-42(37,38)30-22(31)7-5-8-23(30)32/h5,7-12,17-19,35H,2-4,6,13-16H2,1H3. The average Bonchev–Trinajstić information content (AvgIpc) is 2.96. The fourth-order valence-corrected chi connectivity index (χ4v) is 6.04. The summed E-state index contributed by atoms with van der Waals surface area (Å²) in [5, 5.41) is 0.536. The van der Waals surface area contributed by atoms with Gasteiger partial charge in [-0.1, -0.05) is 12.5 Å². The lowest BCUT2D eigenvalue weighted by molar-refractivity contribution is 0.203. The third kappa shape index (κ3) is 6.71. The predicted molar refractivity (Wildman–Crippen MR) is 152 cm³/mol. The van der Waals surface area contributed by atoms with Crippen molar-refractivity contribution in [3.05, 3.63) is 78.2 Å². The summed E-state index contributed by atoms with van der Waals surface area (Å²) in [6, 6.07) is 10.9. The van der Waals surface area contributed by atoms with Crippen LogP contribution >= 0.6 is 0 Å². The Balaban J connectivity index is 1.31. The maximum absolute atomic E-state index is 15.0. The zero-order valence-electron chi connectivity index (χ0n) is 22.9. The van der Waals surface area contributed by atoms with E-state index in [0.717, 1.165) is 50.3 Å². The van der Waals surface area contributed by atoms with Gasteiger partial charge in [-0.05, 0) is 68.8 Å². The van der Waals surface area contributed by atoms with Crippen molar-refractivity contribution in [2.45, 2.75) is 30.6 Å². The van der Waals surface area contributed by atoms with Crippen LogP contribution in [0.15, 0.2) is 65.7 Å². The van der Waals surface area contributed by atoms with E-state index in [1.54, 1.807) is 18.2 Å². The minimum atomic E-state index is -4.66. The highest BCUT2D eigenvalue weighted by Gasteiger charge is 2.24. The van der Waals surface area contributed by atoms with Crippen LogP contribution < -0.4 is 18.9 Å². The van der Waals surface area contributed by atoms with Gasteiger partial charge in [-0.3, -0.25) is 9.71 Å². The summed E-state index contributed by atoms with van der Waals surface area (Å²) in [5.41, 5.74) is 0.293. The molecule has 5 rings (SSSR count). The number of fused-ring (bicyclic) bond motifs is 1. The van der Waals surface area contributed by atoms with E-state index in [4.69, 9.17) is 14.2 Å². The molecule has 1 aromatic heterocycles. The number of methoxy groups -OCH3 is 1. The molecule has 1 fully saturated rings. The summed E-state index contributed by atoms with van der Waals surface area (Å²) in [5.74, 6) is -2.39. The molecule has 0 amide bonds. The van der Waals surface area contributed by atoms with E-state index in [1.165, 1.54) is 44.7 Å². The number of halogens is 3. The number of pyridine rings is 1. The first-order chi connectivity index (χ1) is 20.2. The second kappa shape index (κ2) is 12.9. The molecule has 42 heavy (non-hydrogen) atoms. The normalized spacial score (nSPS) is 14.1. The number of benzene rings is 3. The third-order valence-electron chi connectivity index (χ3n) is 6.90. The van der Waals surface area contributed by atoms with Crippen LogP contribution in [0.1, 0.15) is 25.7 Å². The second-order valence-electron chi connectivity index (χ2n) is 9.84. The molecule has 1 N–H and O–H groups in total. The minimum Gasteiger partial charge on any atom is -0.493 e. The Bertz CT molecular complexity index is 1660. The molecule has 0 atom stereocenters. The van der Waals surface area contributed by atoms with Crippen LogP contribution in [-0.2, 0) is 10.0 Å². The van der Waals surface area contributed by atoms with Crippen molar-refractivity contribution in [2.75, 3.05) is 38.1 Å². The maximum Gasteiger partial charge on any atom is 0.267 e. The molecule has 222 valence electrons. The first-order valence-corrected chi connectivity index (χ1v) is 15.0. The quantitative estimate of drug-likeness (QED) is 0.196. The smallest absolute Gasteiger partial charge is 0.267 e. The van der Waals surface area contributed by atoms with Gasteiger partial charge in [-0.15, -0.1) is 0 Å². The molecule has 0 saturated carbocycles. The number of ether oxygens (including phenoxy) is 3. The Hall–Kier alpha value is -4.03. The monoisotopic (exact) mass is 601 g/mol. The van der Waals surface area contributed by atoms with E-state index in [2.05, 4.69) is 9.88 Å². The summed E-state index contributed by atoms with van der Waals surface area (Å²) in [7, 11) is -3.14. The van der Waals surface area contributed by atoms with E-state index in [0.29, 0.717) is 29.0 Å². The number of sulfonamides is 1. The van der Waals surface area contributed by atoms with Gasteiger partial charge < -0.3 is 19.1 Å². The van der Waals surface area contributed by atoms with Crippen LogP contribution in [-0.4, -0.2) is 51.7 Å². The molecule has 3 aromatic carbocycles. The van der Waals surface area contributed by atoms with Gasteiger partial charge >= 0.3 is 0 Å². The minimum absolute atomic E-state index is 0.209. The summed E-state index contributed by atoms with van der Waals surface area (Å²) in [6.45, 7) is 3.73. The van der Waals surface area contributed by atoms with Crippen molar-refractivity contribution in [3.8, 4) is 23.0 Å². The lowest BCUT2D eigenvalue weighted by Gasteiger charge is -2.26. The summed E-state index contributed by atoms with van der Waals surface area (Å²) < 4.78 is 87.5. The molecule has 2 heterocycles. The highest BCUT2D eigenvalue weighted by Crippen LogP contribution is 2.38. The van der Waals surface area contributed by atoms with Crippen molar-refractivity contribution >= 4 is 26.6 Å². The molecule has 12 heteroatoms. The average molecular weight is 602 g/mol. The van der Waals surface area contributed by atoms with E-state index >= 15 is 4.39 Å². The van der Waals surface area contributed by atoms with Crippen LogP contribution in [0, 0.1) is 17.5 Å². The van der Waals surface area contributed by atoms with Crippen molar-refractivity contribution < 1.29 is 35.8 Å². The number of piperidine rings is 1. The Morgan fingerprint density at radius 3 is 2.36 bits per heavy atom. The molecule has 0 radical (unpaired) electrons. The zero-order valence-corrected chi connectivity index (χ0v) is 23.7. The van der Waals surface area contributed by atoms with Gasteiger partial charge in [0.1, 0.15) is 17.4 Å². The Morgan fingerprint density at radius 2 is 1.64 bits per heavy atom. The highest BCUT2D eigenvalue weighted by molar-refractivity contribution is 7.92. The Kier molecular flexibility index (Phi) is 9.03. The van der Waals surface area contributed by atoms with Gasteiger partial charge in [-0.2, -0.15) is 0 Å². The van der Waals surface area contributed by atoms with Crippen LogP contribution in [0.5, 0.6) is 23.0 Å². The van der Waals surface area contributed by atoms with Gasteiger partial charge in [0.15, 0.2) is 28.0 Å². The number of nitrogens with zero attached hydrogens (tertiary/aromatic N) is 2. The molecular formula is C30H30F3N3O5S. The molecule has 0 spiro atoms. The molecule has 0 aliphatic carbocycles. The number of hydrogen-bond donors (Lipinski definition) is 1. The first-order valence-electron chi connectivity index (χ1n) is 13.5. The van der Waals surface area contributed by atoms with Gasteiger partial charge in [0.05, 0.1) is 24.9 Å². The number of hydrogen-bond acceptors (Lipinski definition) is 7. The zero-order chi connectivity index (χ0) is 29.7. The lowest BCUT2D eigenvalue weighted by Crippen LogP contribution is -2.31. The number of anilines is 1. The molecule has 4 aromatic rings. The van der Waals surface area contributed by atoms with Crippen molar-refractivity contribution in [2.24, 2.45) is 0 Å². The number of likely N-dealkylation sites (tertiary alicyclic amines) is 1. The van der Waals surface area contributed by atoms with Crippen molar-refractivity contribution in [1.29, 1.82) is 0 Å². The van der Waals surface area contributed by atoms with E-state index < -0.39 is 32.4 Å². The number of aromatic nitrogens is 1. The van der Waals surface area contributed by atoms with Crippen LogP contribution in [0.25, 0.3) is 10.9 Å². The predicted octanol–water partition coefficient (Wildman–Crippen LogP) is 6.51. The van der Waals surface area contributed by atoms with Gasteiger partial charge in [0, 0.05) is 30.3 Å². The fourth-order valence-electron chi connectivity index (χ4n) is 4.85. The van der Waals surface area contributed by atoms with Crippen LogP contribution in [0.3, 0.4) is 0 Å². The lowest BCUT2D eigenvalue weighted by atomic mass is 10.1. The van der Waals surface area contributed by atoms with E-state index in [1.807, 2.05) is 4.72 Å². The van der Waals surface area contributed by atoms with Gasteiger partial charge in [0.2, 0.25) is 0 Å². The summed E-state index contributed by atoms with van der Waals surface area (Å²) in [6.07, 6.45) is 6.14. The Morgan fingerprint density at radius 1 is 0.881 bits per heavy atom. The molecule has 1 saturated heterocycles. The van der Waals surface area contributed by atoms with Crippen LogP contribution in [0.4, 0.5) is 18.9 Å². The molecule has 0 unspecified atom stereocenters. The molecule has 1 aliphatic rings. The highest BCUT2D eigenvalue weighted by atomic mass is 32.2. The van der Waals surface area contributed by atoms with Gasteiger partial charge in [0.25, 0.3) is 10.0 Å². The van der Waals surface area contributed by atoms with Gasteiger partial charge in [-0.25, -0.2) is 21.6 Å². The summed E-state index contributed by atoms with van der Waals surface area (Å²) in [4.78, 5) is 5.67. The third-order valence-corrected chi connectivity index (χ3v) is 8.34. The fraction of sp³-hybridized carbons (Fsp3) is 0.300. The van der Waals surface area contributed by atoms with E-state index in [9.17, 15) is 17.2 Å². The largest absolute Gasteiger partial charge is 0.493 e. The molecule has 8 nitrogen and oxygen atoms in total. The maximum atomic E-state index is 15.0. The molecule has 1 aliphatic heterocycles. The van der Waals surface area contributed by atoms with Crippen LogP contribution in [0.2, 0.25) is 0 Å². The topological polar surface area (TPSA) is 90.0 Å². The van der Waals surface area contributed by atoms with Crippen molar-refractivity contribution in [3.63, 3.8) is 0 Å². The Labute approximate surface area is 242 Å². The molecular weight excluding hydrogens is 571 g/mol. The second-order valence-corrected chi connectivity index (χ2v) is 11.5. The molecule has 0 bridgehead atoms. The number of nitrogens with one attached hydrogen (secondary N) is 1. The first kappa shape index (κ1) is 29.5. The van der Waals surface area contributed by atoms with E-state index in [-0.39, 0.29) is 17.2 Å².